The third-order valence-electron chi connectivity index (χ3n) is 1.68. The quantitative estimate of drug-likeness (QED) is 0.562. The van der Waals surface area contributed by atoms with Crippen LogP contribution in [0.5, 0.6) is 0 Å². The number of nitrogens with zero attached hydrogens (tertiary/aromatic N) is 1. The van der Waals surface area contributed by atoms with E-state index in [9.17, 15) is 14.5 Å². The standard InChI is InChI=1S/C8H9FN2O2/c1-5(10)8-6(9)3-2-4-7(8)11(12)13/h2-5H,10H2,1H3/t5-/m0/s1. The van der Waals surface area contributed by atoms with E-state index < -0.39 is 16.8 Å². The van der Waals surface area contributed by atoms with Gasteiger partial charge < -0.3 is 5.73 Å². The molecule has 1 atom stereocenters. The first-order valence-electron chi connectivity index (χ1n) is 3.72. The van der Waals surface area contributed by atoms with Crippen LogP contribution >= 0.6 is 0 Å². The molecule has 0 aliphatic carbocycles. The molecule has 0 saturated heterocycles. The average molecular weight is 184 g/mol. The lowest BCUT2D eigenvalue weighted by Crippen LogP contribution is -2.10. The van der Waals surface area contributed by atoms with Crippen LogP contribution in [0.25, 0.3) is 0 Å². The van der Waals surface area contributed by atoms with Crippen molar-refractivity contribution >= 4 is 5.69 Å². The molecule has 0 saturated carbocycles. The Morgan fingerprint density at radius 3 is 2.62 bits per heavy atom. The van der Waals surface area contributed by atoms with E-state index in [2.05, 4.69) is 0 Å². The molecule has 2 N–H and O–H groups in total. The maximum atomic E-state index is 13.1. The summed E-state index contributed by atoms with van der Waals surface area (Å²) in [5.41, 5.74) is 5.09. The first kappa shape index (κ1) is 9.60. The van der Waals surface area contributed by atoms with Crippen LogP contribution < -0.4 is 5.73 Å². The zero-order valence-corrected chi connectivity index (χ0v) is 7.03. The van der Waals surface area contributed by atoms with Gasteiger partial charge >= 0.3 is 0 Å². The van der Waals surface area contributed by atoms with Crippen LogP contribution in [0.15, 0.2) is 18.2 Å². The van der Waals surface area contributed by atoms with Gasteiger partial charge in [-0.25, -0.2) is 4.39 Å². The van der Waals surface area contributed by atoms with Crippen molar-refractivity contribution < 1.29 is 9.31 Å². The molecule has 70 valence electrons. The van der Waals surface area contributed by atoms with Gasteiger partial charge in [-0.3, -0.25) is 10.1 Å². The molecule has 4 nitrogen and oxygen atoms in total. The molecule has 0 fully saturated rings. The molecule has 0 radical (unpaired) electrons. The van der Waals surface area contributed by atoms with Crippen LogP contribution in [-0.2, 0) is 0 Å². The third kappa shape index (κ3) is 1.81. The smallest absolute Gasteiger partial charge is 0.277 e. The van der Waals surface area contributed by atoms with E-state index in [0.29, 0.717) is 0 Å². The molecule has 1 aromatic carbocycles. The van der Waals surface area contributed by atoms with Gasteiger partial charge in [-0.1, -0.05) is 6.07 Å². The van der Waals surface area contributed by atoms with E-state index in [0.717, 1.165) is 6.07 Å². The molecule has 1 rings (SSSR count). The molecule has 0 unspecified atom stereocenters. The molecule has 0 amide bonds. The second kappa shape index (κ2) is 3.49. The van der Waals surface area contributed by atoms with E-state index in [-0.39, 0.29) is 11.3 Å². The fraction of sp³-hybridized carbons (Fsp3) is 0.250. The van der Waals surface area contributed by atoms with Crippen molar-refractivity contribution in [2.24, 2.45) is 5.73 Å². The minimum Gasteiger partial charge on any atom is -0.324 e. The van der Waals surface area contributed by atoms with E-state index >= 15 is 0 Å². The van der Waals surface area contributed by atoms with E-state index in [1.54, 1.807) is 0 Å². The van der Waals surface area contributed by atoms with Crippen molar-refractivity contribution in [3.8, 4) is 0 Å². The lowest BCUT2D eigenvalue weighted by atomic mass is 10.1. The van der Waals surface area contributed by atoms with Gasteiger partial charge in [-0.15, -0.1) is 0 Å². The second-order valence-corrected chi connectivity index (χ2v) is 2.72. The minimum atomic E-state index is -0.679. The molecular weight excluding hydrogens is 175 g/mol. The maximum Gasteiger partial charge on any atom is 0.277 e. The summed E-state index contributed by atoms with van der Waals surface area (Å²) >= 11 is 0. The SMILES string of the molecule is C[C@H](N)c1c(F)cccc1[N+](=O)[O-]. The third-order valence-corrected chi connectivity index (χ3v) is 1.68. The van der Waals surface area contributed by atoms with Crippen LogP contribution in [0.2, 0.25) is 0 Å². The number of nitrogens with two attached hydrogens (primary N) is 1. The summed E-state index contributed by atoms with van der Waals surface area (Å²) < 4.78 is 13.1. The fourth-order valence-electron chi connectivity index (χ4n) is 1.14. The van der Waals surface area contributed by atoms with Crippen LogP contribution in [0, 0.1) is 15.9 Å². The molecule has 0 aromatic heterocycles. The highest BCUT2D eigenvalue weighted by Crippen LogP contribution is 2.25. The summed E-state index contributed by atoms with van der Waals surface area (Å²) in [4.78, 5) is 9.82. The Bertz CT molecular complexity index is 339. The molecule has 0 bridgehead atoms. The lowest BCUT2D eigenvalue weighted by Gasteiger charge is -2.06. The van der Waals surface area contributed by atoms with Gasteiger partial charge in [0.1, 0.15) is 5.82 Å². The van der Waals surface area contributed by atoms with E-state index in [1.807, 2.05) is 0 Å². The summed E-state index contributed by atoms with van der Waals surface area (Å²) in [6.07, 6.45) is 0. The largest absolute Gasteiger partial charge is 0.324 e. The number of hydrogen-bond donors (Lipinski definition) is 1. The fourth-order valence-corrected chi connectivity index (χ4v) is 1.14. The average Bonchev–Trinajstić information content (AvgIpc) is 2.02. The summed E-state index contributed by atoms with van der Waals surface area (Å²) in [7, 11) is 0. The highest BCUT2D eigenvalue weighted by Gasteiger charge is 2.20. The Morgan fingerprint density at radius 1 is 1.62 bits per heavy atom. The van der Waals surface area contributed by atoms with Gasteiger partial charge in [0.15, 0.2) is 0 Å². The van der Waals surface area contributed by atoms with Gasteiger partial charge in [-0.2, -0.15) is 0 Å². The molecule has 0 aliphatic rings. The Kier molecular flexibility index (Phi) is 2.57. The number of rotatable bonds is 2. The van der Waals surface area contributed by atoms with Gasteiger partial charge in [0.25, 0.3) is 5.69 Å². The summed E-state index contributed by atoms with van der Waals surface area (Å²) in [6.45, 7) is 1.51. The number of hydrogen-bond acceptors (Lipinski definition) is 3. The first-order valence-corrected chi connectivity index (χ1v) is 3.72. The van der Waals surface area contributed by atoms with Gasteiger partial charge in [0.05, 0.1) is 10.5 Å². The summed E-state index contributed by atoms with van der Waals surface area (Å²) in [5, 5.41) is 10.5. The van der Waals surface area contributed by atoms with Gasteiger partial charge in [0.2, 0.25) is 0 Å². The molecule has 0 spiro atoms. The zero-order valence-electron chi connectivity index (χ0n) is 7.03. The van der Waals surface area contributed by atoms with Crippen molar-refractivity contribution in [1.29, 1.82) is 0 Å². The van der Waals surface area contributed by atoms with E-state index in [1.165, 1.54) is 19.1 Å². The predicted molar refractivity (Wildman–Crippen MR) is 45.7 cm³/mol. The Balaban J connectivity index is 3.34. The zero-order chi connectivity index (χ0) is 10.0. The topological polar surface area (TPSA) is 69.2 Å². The number of halogens is 1. The first-order chi connectivity index (χ1) is 6.04. The van der Waals surface area contributed by atoms with Crippen molar-refractivity contribution in [3.63, 3.8) is 0 Å². The van der Waals surface area contributed by atoms with Crippen molar-refractivity contribution in [2.75, 3.05) is 0 Å². The number of benzene rings is 1. The molecule has 1 aromatic rings. The Hall–Kier alpha value is -1.49. The molecular formula is C8H9FN2O2. The summed E-state index contributed by atoms with van der Waals surface area (Å²) in [5.74, 6) is -0.635. The molecule has 13 heavy (non-hydrogen) atoms. The Morgan fingerprint density at radius 2 is 2.23 bits per heavy atom. The predicted octanol–water partition coefficient (Wildman–Crippen LogP) is 1.75. The molecule has 0 heterocycles. The highest BCUT2D eigenvalue weighted by atomic mass is 19.1. The van der Waals surface area contributed by atoms with Crippen LogP contribution in [0.1, 0.15) is 18.5 Å². The van der Waals surface area contributed by atoms with Crippen LogP contribution in [0.3, 0.4) is 0 Å². The Labute approximate surface area is 74.3 Å². The lowest BCUT2D eigenvalue weighted by molar-refractivity contribution is -0.385. The normalized spacial score (nSPS) is 12.5. The molecule has 5 heteroatoms. The van der Waals surface area contributed by atoms with Crippen molar-refractivity contribution in [3.05, 3.63) is 39.7 Å². The van der Waals surface area contributed by atoms with Crippen LogP contribution in [0.4, 0.5) is 10.1 Å². The van der Waals surface area contributed by atoms with Crippen molar-refractivity contribution in [1.82, 2.24) is 0 Å². The van der Waals surface area contributed by atoms with Gasteiger partial charge in [-0.05, 0) is 13.0 Å². The van der Waals surface area contributed by atoms with E-state index in [4.69, 9.17) is 5.73 Å². The summed E-state index contributed by atoms with van der Waals surface area (Å²) in [6, 6.07) is 3.01. The monoisotopic (exact) mass is 184 g/mol. The number of nitro groups is 1. The molecule has 0 aliphatic heterocycles. The van der Waals surface area contributed by atoms with Gasteiger partial charge in [0, 0.05) is 12.1 Å². The number of nitro benzene ring substituents is 1. The second-order valence-electron chi connectivity index (χ2n) is 2.72. The minimum absolute atomic E-state index is 0.0486. The van der Waals surface area contributed by atoms with Crippen LogP contribution in [-0.4, -0.2) is 4.92 Å². The van der Waals surface area contributed by atoms with Crippen molar-refractivity contribution in [2.45, 2.75) is 13.0 Å². The maximum absolute atomic E-state index is 13.1. The highest BCUT2D eigenvalue weighted by molar-refractivity contribution is 5.42.